The molecule has 3 rings (SSSR count). The minimum Gasteiger partial charge on any atom is -0.497 e. The number of aromatic nitrogens is 1. The molecule has 0 saturated heterocycles. The fourth-order valence-corrected chi connectivity index (χ4v) is 2.85. The second-order valence-electron chi connectivity index (χ2n) is 5.71. The molecule has 2 aromatic carbocycles. The lowest BCUT2D eigenvalue weighted by atomic mass is 9.97. The lowest BCUT2D eigenvalue weighted by Gasteiger charge is -2.13. The van der Waals surface area contributed by atoms with E-state index < -0.39 is 0 Å². The van der Waals surface area contributed by atoms with Crippen molar-refractivity contribution in [1.29, 1.82) is 0 Å². The maximum Gasteiger partial charge on any atom is 0.118 e. The number of nitrogens with zero attached hydrogens (tertiary/aromatic N) is 1. The van der Waals surface area contributed by atoms with Crippen LogP contribution in [0, 0.1) is 13.8 Å². The van der Waals surface area contributed by atoms with Gasteiger partial charge < -0.3 is 9.47 Å². The normalized spacial score (nSPS) is 10.5. The van der Waals surface area contributed by atoms with Crippen LogP contribution in [-0.4, -0.2) is 19.2 Å². The van der Waals surface area contributed by atoms with Crippen LogP contribution in [0.2, 0.25) is 0 Å². The van der Waals surface area contributed by atoms with Crippen LogP contribution in [0.4, 0.5) is 0 Å². The zero-order valence-corrected chi connectivity index (χ0v) is 14.5. The van der Waals surface area contributed by atoms with Crippen LogP contribution >= 0.6 is 0 Å². The molecule has 3 heteroatoms. The minimum absolute atomic E-state index is 0.854. The maximum atomic E-state index is 5.24. The van der Waals surface area contributed by atoms with E-state index in [4.69, 9.17) is 14.5 Å². The van der Waals surface area contributed by atoms with Crippen LogP contribution in [0.3, 0.4) is 0 Å². The molecular weight excluding hydrogens is 298 g/mol. The molecule has 0 atom stereocenters. The van der Waals surface area contributed by atoms with Gasteiger partial charge in [0.25, 0.3) is 0 Å². The predicted octanol–water partition coefficient (Wildman–Crippen LogP) is 5.05. The standard InChI is InChI=1S/C21H21NO2/c1-14-20(16-5-9-18(23-3)10-6-16)13-21(15(2)22-14)17-7-11-19(24-4)12-8-17/h5-13H,1-4H3. The molecule has 3 aromatic rings. The quantitative estimate of drug-likeness (QED) is 0.674. The van der Waals surface area contributed by atoms with Gasteiger partial charge in [-0.1, -0.05) is 24.3 Å². The Morgan fingerprint density at radius 2 is 1.00 bits per heavy atom. The minimum atomic E-state index is 0.854. The number of rotatable bonds is 4. The summed E-state index contributed by atoms with van der Waals surface area (Å²) in [4.78, 5) is 4.75. The first-order chi connectivity index (χ1) is 11.6. The molecule has 0 saturated carbocycles. The van der Waals surface area contributed by atoms with Crippen molar-refractivity contribution >= 4 is 0 Å². The number of benzene rings is 2. The third kappa shape index (κ3) is 3.11. The van der Waals surface area contributed by atoms with Crippen molar-refractivity contribution in [2.75, 3.05) is 14.2 Å². The summed E-state index contributed by atoms with van der Waals surface area (Å²) in [6, 6.07) is 18.4. The van der Waals surface area contributed by atoms with E-state index in [1.807, 2.05) is 38.1 Å². The molecule has 0 bridgehead atoms. The van der Waals surface area contributed by atoms with Crippen molar-refractivity contribution in [3.05, 3.63) is 66.0 Å². The number of methoxy groups -OCH3 is 2. The summed E-state index contributed by atoms with van der Waals surface area (Å²) in [5, 5.41) is 0. The number of pyridine rings is 1. The molecule has 1 aromatic heterocycles. The van der Waals surface area contributed by atoms with E-state index in [1.165, 1.54) is 0 Å². The largest absolute Gasteiger partial charge is 0.497 e. The van der Waals surface area contributed by atoms with Gasteiger partial charge in [-0.25, -0.2) is 0 Å². The highest BCUT2D eigenvalue weighted by molar-refractivity contribution is 5.76. The van der Waals surface area contributed by atoms with Gasteiger partial charge in [-0.3, -0.25) is 4.98 Å². The summed E-state index contributed by atoms with van der Waals surface area (Å²) in [5.41, 5.74) is 6.58. The Bertz CT molecular complexity index is 768. The number of hydrogen-bond acceptors (Lipinski definition) is 3. The third-order valence-corrected chi connectivity index (χ3v) is 4.21. The molecule has 0 unspecified atom stereocenters. The number of aryl methyl sites for hydroxylation is 2. The summed E-state index contributed by atoms with van der Waals surface area (Å²) in [6.45, 7) is 4.09. The van der Waals surface area contributed by atoms with Crippen molar-refractivity contribution in [3.8, 4) is 33.8 Å². The second-order valence-corrected chi connectivity index (χ2v) is 5.71. The van der Waals surface area contributed by atoms with E-state index in [1.54, 1.807) is 14.2 Å². The molecule has 0 N–H and O–H groups in total. The highest BCUT2D eigenvalue weighted by atomic mass is 16.5. The van der Waals surface area contributed by atoms with Gasteiger partial charge in [0.2, 0.25) is 0 Å². The van der Waals surface area contributed by atoms with E-state index in [9.17, 15) is 0 Å². The van der Waals surface area contributed by atoms with Gasteiger partial charge in [-0.15, -0.1) is 0 Å². The molecule has 0 amide bonds. The molecule has 0 aliphatic heterocycles. The zero-order chi connectivity index (χ0) is 17.1. The van der Waals surface area contributed by atoms with Gasteiger partial charge in [0, 0.05) is 22.5 Å². The van der Waals surface area contributed by atoms with Gasteiger partial charge in [0.15, 0.2) is 0 Å². The smallest absolute Gasteiger partial charge is 0.118 e. The Hall–Kier alpha value is -2.81. The second kappa shape index (κ2) is 6.75. The van der Waals surface area contributed by atoms with Crippen molar-refractivity contribution in [2.24, 2.45) is 0 Å². The van der Waals surface area contributed by atoms with Crippen LogP contribution in [0.5, 0.6) is 11.5 Å². The summed E-state index contributed by atoms with van der Waals surface area (Å²) >= 11 is 0. The van der Waals surface area contributed by atoms with Crippen LogP contribution in [0.15, 0.2) is 54.6 Å². The lowest BCUT2D eigenvalue weighted by molar-refractivity contribution is 0.415. The van der Waals surface area contributed by atoms with E-state index in [0.717, 1.165) is 45.1 Å². The highest BCUT2D eigenvalue weighted by Crippen LogP contribution is 2.32. The molecule has 0 spiro atoms. The average molecular weight is 319 g/mol. The first kappa shape index (κ1) is 16.1. The average Bonchev–Trinajstić information content (AvgIpc) is 2.62. The Kier molecular flexibility index (Phi) is 4.52. The van der Waals surface area contributed by atoms with Gasteiger partial charge >= 0.3 is 0 Å². The van der Waals surface area contributed by atoms with Gasteiger partial charge in [0.05, 0.1) is 14.2 Å². The monoisotopic (exact) mass is 319 g/mol. The van der Waals surface area contributed by atoms with Crippen LogP contribution in [0.1, 0.15) is 11.4 Å². The first-order valence-electron chi connectivity index (χ1n) is 7.89. The van der Waals surface area contributed by atoms with E-state index >= 15 is 0 Å². The lowest BCUT2D eigenvalue weighted by Crippen LogP contribution is -1.95. The van der Waals surface area contributed by atoms with Crippen LogP contribution in [-0.2, 0) is 0 Å². The Labute approximate surface area is 142 Å². The zero-order valence-electron chi connectivity index (χ0n) is 14.5. The van der Waals surface area contributed by atoms with Crippen molar-refractivity contribution in [3.63, 3.8) is 0 Å². The third-order valence-electron chi connectivity index (χ3n) is 4.21. The van der Waals surface area contributed by atoms with E-state index in [0.29, 0.717) is 0 Å². The first-order valence-corrected chi connectivity index (χ1v) is 7.89. The fourth-order valence-electron chi connectivity index (χ4n) is 2.85. The topological polar surface area (TPSA) is 31.4 Å². The predicted molar refractivity (Wildman–Crippen MR) is 97.7 cm³/mol. The van der Waals surface area contributed by atoms with Gasteiger partial charge in [0.1, 0.15) is 11.5 Å². The summed E-state index contributed by atoms with van der Waals surface area (Å²) in [5.74, 6) is 1.71. The van der Waals surface area contributed by atoms with Gasteiger partial charge in [-0.2, -0.15) is 0 Å². The SMILES string of the molecule is COc1ccc(-c2cc(-c3ccc(OC)cc3)c(C)nc2C)cc1. The van der Waals surface area contributed by atoms with Crippen molar-refractivity contribution < 1.29 is 9.47 Å². The molecule has 122 valence electrons. The molecule has 0 fully saturated rings. The molecule has 0 aliphatic rings. The van der Waals surface area contributed by atoms with Crippen LogP contribution in [0.25, 0.3) is 22.3 Å². The maximum absolute atomic E-state index is 5.24. The molecule has 3 nitrogen and oxygen atoms in total. The molecule has 0 aliphatic carbocycles. The fraction of sp³-hybridized carbons (Fsp3) is 0.190. The van der Waals surface area contributed by atoms with Crippen LogP contribution < -0.4 is 9.47 Å². The molecular formula is C21H21NO2. The summed E-state index contributed by atoms with van der Waals surface area (Å²) < 4.78 is 10.5. The molecule has 24 heavy (non-hydrogen) atoms. The Morgan fingerprint density at radius 1 is 0.625 bits per heavy atom. The van der Waals surface area contributed by atoms with Gasteiger partial charge in [-0.05, 0) is 55.3 Å². The Morgan fingerprint density at radius 3 is 1.33 bits per heavy atom. The Balaban J connectivity index is 2.07. The summed E-state index contributed by atoms with van der Waals surface area (Å²) in [7, 11) is 3.35. The van der Waals surface area contributed by atoms with Crippen molar-refractivity contribution in [1.82, 2.24) is 4.98 Å². The number of hydrogen-bond donors (Lipinski definition) is 0. The van der Waals surface area contributed by atoms with E-state index in [2.05, 4.69) is 30.3 Å². The molecule has 1 heterocycles. The number of ether oxygens (including phenoxy) is 2. The highest BCUT2D eigenvalue weighted by Gasteiger charge is 2.10. The molecule has 0 radical (unpaired) electrons. The van der Waals surface area contributed by atoms with E-state index in [-0.39, 0.29) is 0 Å². The summed E-state index contributed by atoms with van der Waals surface area (Å²) in [6.07, 6.45) is 0. The van der Waals surface area contributed by atoms with Crippen molar-refractivity contribution in [2.45, 2.75) is 13.8 Å².